The maximum atomic E-state index is 13.8. The monoisotopic (exact) mass is 544 g/mol. The van der Waals surface area contributed by atoms with Crippen LogP contribution in [0.25, 0.3) is 10.9 Å². The Balaban J connectivity index is 1.74. The van der Waals surface area contributed by atoms with Crippen molar-refractivity contribution < 1.29 is 9.47 Å². The third-order valence-corrected chi connectivity index (χ3v) is 7.44. The van der Waals surface area contributed by atoms with E-state index >= 15 is 0 Å². The fraction of sp³-hybridized carbons (Fsp3) is 0.310. The van der Waals surface area contributed by atoms with Crippen LogP contribution < -0.4 is 15.0 Å². The van der Waals surface area contributed by atoms with Gasteiger partial charge in [0.1, 0.15) is 6.04 Å². The summed E-state index contributed by atoms with van der Waals surface area (Å²) in [6, 6.07) is 19.4. The summed E-state index contributed by atoms with van der Waals surface area (Å²) in [4.78, 5) is 20.3. The molecule has 39 heavy (non-hydrogen) atoms. The Kier molecular flexibility index (Phi) is 7.49. The SMILES string of the molecule is COc1cc2cc([C@H](c3nnnn3C(C)(C)C)N(Cc3ccccc3)Cc3cccs3)c(=O)[nH]c2cc1OC. The van der Waals surface area contributed by atoms with Crippen molar-refractivity contribution in [2.24, 2.45) is 0 Å². The van der Waals surface area contributed by atoms with Crippen molar-refractivity contribution in [2.75, 3.05) is 14.2 Å². The van der Waals surface area contributed by atoms with Crippen molar-refractivity contribution in [3.63, 3.8) is 0 Å². The smallest absolute Gasteiger partial charge is 0.253 e. The van der Waals surface area contributed by atoms with Gasteiger partial charge < -0.3 is 14.5 Å². The van der Waals surface area contributed by atoms with Gasteiger partial charge >= 0.3 is 0 Å². The van der Waals surface area contributed by atoms with Crippen LogP contribution in [0.2, 0.25) is 0 Å². The van der Waals surface area contributed by atoms with E-state index in [0.29, 0.717) is 41.5 Å². The lowest BCUT2D eigenvalue weighted by atomic mass is 10.0. The number of benzene rings is 2. The summed E-state index contributed by atoms with van der Waals surface area (Å²) < 4.78 is 12.8. The average Bonchev–Trinajstić information content (AvgIpc) is 3.61. The lowest BCUT2D eigenvalue weighted by Gasteiger charge is -2.32. The fourth-order valence-electron chi connectivity index (χ4n) is 4.75. The van der Waals surface area contributed by atoms with Crippen LogP contribution in [0.15, 0.2) is 70.8 Å². The first-order chi connectivity index (χ1) is 18.8. The summed E-state index contributed by atoms with van der Waals surface area (Å²) in [6.45, 7) is 7.34. The zero-order valence-corrected chi connectivity index (χ0v) is 23.5. The van der Waals surface area contributed by atoms with Gasteiger partial charge in [0.05, 0.1) is 25.3 Å². The van der Waals surface area contributed by atoms with E-state index in [-0.39, 0.29) is 5.56 Å². The van der Waals surface area contributed by atoms with Gasteiger partial charge in [-0.3, -0.25) is 9.69 Å². The second kappa shape index (κ2) is 11.0. The predicted molar refractivity (Wildman–Crippen MR) is 152 cm³/mol. The van der Waals surface area contributed by atoms with Gasteiger partial charge in [0.2, 0.25) is 0 Å². The topological polar surface area (TPSA) is 98.2 Å². The second-order valence-electron chi connectivity index (χ2n) is 10.3. The minimum Gasteiger partial charge on any atom is -0.493 e. The van der Waals surface area contributed by atoms with E-state index in [1.54, 1.807) is 31.6 Å². The highest BCUT2D eigenvalue weighted by Crippen LogP contribution is 2.35. The van der Waals surface area contributed by atoms with Crippen LogP contribution in [0.1, 0.15) is 48.6 Å². The number of aromatic amines is 1. The van der Waals surface area contributed by atoms with Crippen LogP contribution in [-0.2, 0) is 18.6 Å². The van der Waals surface area contributed by atoms with Gasteiger partial charge in [-0.2, -0.15) is 0 Å². The van der Waals surface area contributed by atoms with Gasteiger partial charge in [-0.1, -0.05) is 36.4 Å². The zero-order chi connectivity index (χ0) is 27.6. The minimum absolute atomic E-state index is 0.215. The van der Waals surface area contributed by atoms with Crippen LogP contribution in [0, 0.1) is 0 Å². The summed E-state index contributed by atoms with van der Waals surface area (Å²) in [5, 5.41) is 15.8. The Labute approximate surface area is 231 Å². The second-order valence-corrected chi connectivity index (χ2v) is 11.4. The lowest BCUT2D eigenvalue weighted by molar-refractivity contribution is 0.186. The molecular formula is C29H32N6O3S. The third kappa shape index (κ3) is 5.57. The molecule has 0 aliphatic heterocycles. The van der Waals surface area contributed by atoms with Crippen LogP contribution in [0.5, 0.6) is 11.5 Å². The Morgan fingerprint density at radius 2 is 1.74 bits per heavy atom. The Morgan fingerprint density at radius 1 is 1.00 bits per heavy atom. The zero-order valence-electron chi connectivity index (χ0n) is 22.7. The van der Waals surface area contributed by atoms with Crippen molar-refractivity contribution in [1.82, 2.24) is 30.1 Å². The highest BCUT2D eigenvalue weighted by Gasteiger charge is 2.34. The minimum atomic E-state index is -0.539. The Hall–Kier alpha value is -4.02. The molecule has 9 nitrogen and oxygen atoms in total. The first kappa shape index (κ1) is 26.6. The van der Waals surface area contributed by atoms with Gasteiger partial charge in [-0.05, 0) is 60.3 Å². The molecule has 0 fully saturated rings. The summed E-state index contributed by atoms with van der Waals surface area (Å²) in [5.41, 5.74) is 1.70. The number of thiophene rings is 1. The molecular weight excluding hydrogens is 512 g/mol. The van der Waals surface area contributed by atoms with E-state index < -0.39 is 11.6 Å². The Morgan fingerprint density at radius 3 is 2.41 bits per heavy atom. The number of ether oxygens (including phenoxy) is 2. The lowest BCUT2D eigenvalue weighted by Crippen LogP contribution is -2.37. The van der Waals surface area contributed by atoms with Crippen LogP contribution in [0.3, 0.4) is 0 Å². The largest absolute Gasteiger partial charge is 0.493 e. The normalized spacial score (nSPS) is 12.7. The number of tetrazole rings is 1. The molecule has 3 heterocycles. The number of pyridine rings is 1. The molecule has 1 N–H and O–H groups in total. The molecule has 202 valence electrons. The number of nitrogens with zero attached hydrogens (tertiary/aromatic N) is 5. The molecule has 0 saturated heterocycles. The standard InChI is InChI=1S/C29H32N6O3S/c1-29(2,3)35-27(31-32-33-35)26(34(18-21-12-9-13-39-21)17-19-10-7-6-8-11-19)22-14-20-15-24(37-4)25(38-5)16-23(20)30-28(22)36/h6-16,26H,17-18H2,1-5H3,(H,30,36)/t26-/m1/s1. The molecule has 0 spiro atoms. The molecule has 0 bridgehead atoms. The number of nitrogens with one attached hydrogen (secondary N) is 1. The van der Waals surface area contributed by atoms with E-state index in [1.807, 2.05) is 61.9 Å². The highest BCUT2D eigenvalue weighted by molar-refractivity contribution is 7.09. The van der Waals surface area contributed by atoms with Gasteiger partial charge in [0, 0.05) is 35.0 Å². The van der Waals surface area contributed by atoms with Gasteiger partial charge in [0.15, 0.2) is 17.3 Å². The van der Waals surface area contributed by atoms with E-state index in [1.165, 1.54) is 4.88 Å². The van der Waals surface area contributed by atoms with Crippen LogP contribution in [0.4, 0.5) is 0 Å². The number of methoxy groups -OCH3 is 2. The fourth-order valence-corrected chi connectivity index (χ4v) is 5.48. The van der Waals surface area contributed by atoms with Crippen molar-refractivity contribution in [2.45, 2.75) is 45.4 Å². The molecule has 10 heteroatoms. The molecule has 5 rings (SSSR count). The number of hydrogen-bond donors (Lipinski definition) is 1. The highest BCUT2D eigenvalue weighted by atomic mass is 32.1. The number of H-pyrrole nitrogens is 1. The molecule has 0 unspecified atom stereocenters. The van der Waals surface area contributed by atoms with Crippen molar-refractivity contribution in [1.29, 1.82) is 0 Å². The third-order valence-electron chi connectivity index (χ3n) is 6.58. The molecule has 1 atom stereocenters. The van der Waals surface area contributed by atoms with Crippen molar-refractivity contribution in [3.05, 3.63) is 98.2 Å². The molecule has 3 aromatic heterocycles. The van der Waals surface area contributed by atoms with Gasteiger partial charge in [0.25, 0.3) is 5.56 Å². The summed E-state index contributed by atoms with van der Waals surface area (Å²) in [5.74, 6) is 1.73. The van der Waals surface area contributed by atoms with Crippen LogP contribution >= 0.6 is 11.3 Å². The van der Waals surface area contributed by atoms with Crippen LogP contribution in [-0.4, -0.2) is 44.3 Å². The first-order valence-electron chi connectivity index (χ1n) is 12.7. The molecule has 2 aromatic carbocycles. The Bertz CT molecular complexity index is 1610. The molecule has 5 aromatic rings. The molecule has 0 saturated carbocycles. The number of aromatic nitrogens is 5. The van der Waals surface area contributed by atoms with Crippen molar-refractivity contribution in [3.8, 4) is 11.5 Å². The molecule has 0 amide bonds. The molecule has 0 aliphatic rings. The predicted octanol–water partition coefficient (Wildman–Crippen LogP) is 5.14. The van der Waals surface area contributed by atoms with E-state index in [4.69, 9.17) is 9.47 Å². The summed E-state index contributed by atoms with van der Waals surface area (Å²) in [7, 11) is 3.17. The van der Waals surface area contributed by atoms with E-state index in [0.717, 1.165) is 10.9 Å². The molecule has 0 aliphatic carbocycles. The van der Waals surface area contributed by atoms with Crippen molar-refractivity contribution >= 4 is 22.2 Å². The first-order valence-corrected chi connectivity index (χ1v) is 13.5. The molecule has 0 radical (unpaired) electrons. The van der Waals surface area contributed by atoms with E-state index in [2.05, 4.69) is 49.0 Å². The quantitative estimate of drug-likeness (QED) is 0.274. The average molecular weight is 545 g/mol. The summed E-state index contributed by atoms with van der Waals surface area (Å²) >= 11 is 1.68. The maximum absolute atomic E-state index is 13.8. The van der Waals surface area contributed by atoms with Gasteiger partial charge in [-0.25, -0.2) is 4.68 Å². The summed E-state index contributed by atoms with van der Waals surface area (Å²) in [6.07, 6.45) is 0. The maximum Gasteiger partial charge on any atom is 0.253 e. The number of fused-ring (bicyclic) bond motifs is 1. The van der Waals surface area contributed by atoms with E-state index in [9.17, 15) is 4.79 Å². The van der Waals surface area contributed by atoms with Gasteiger partial charge in [-0.15, -0.1) is 16.4 Å². The number of rotatable bonds is 9. The number of hydrogen-bond acceptors (Lipinski definition) is 8.